The molecule has 0 amide bonds. The van der Waals surface area contributed by atoms with E-state index in [0.717, 1.165) is 13.1 Å². The molecule has 0 aromatic carbocycles. The topological polar surface area (TPSA) is 54.3 Å². The summed E-state index contributed by atoms with van der Waals surface area (Å²) < 4.78 is 1.99. The summed E-state index contributed by atoms with van der Waals surface area (Å²) in [6, 6.07) is 2.05. The number of carbonyl (C=O) groups is 1. The number of aliphatic carboxylic acids is 1. The molecule has 1 aromatic rings. The van der Waals surface area contributed by atoms with Crippen LogP contribution in [0, 0.1) is 0 Å². The summed E-state index contributed by atoms with van der Waals surface area (Å²) in [5.74, 6) is -0.730. The number of rotatable bonds is 6. The maximum absolute atomic E-state index is 10.2. The van der Waals surface area contributed by atoms with Gasteiger partial charge in [0.05, 0.1) is 0 Å². The lowest BCUT2D eigenvalue weighted by Crippen LogP contribution is -2.15. The van der Waals surface area contributed by atoms with Crippen LogP contribution in [-0.2, 0) is 18.4 Å². The van der Waals surface area contributed by atoms with E-state index in [1.807, 2.05) is 30.1 Å². The molecule has 14 heavy (non-hydrogen) atoms. The molecule has 0 spiro atoms. The van der Waals surface area contributed by atoms with E-state index in [1.165, 1.54) is 5.56 Å². The Hall–Kier alpha value is -1.29. The number of nitrogens with zero attached hydrogens (tertiary/aromatic N) is 1. The zero-order chi connectivity index (χ0) is 10.4. The van der Waals surface area contributed by atoms with Crippen LogP contribution < -0.4 is 5.32 Å². The third-order valence-electron chi connectivity index (χ3n) is 1.97. The first-order chi connectivity index (χ1) is 6.68. The van der Waals surface area contributed by atoms with Gasteiger partial charge >= 0.3 is 5.97 Å². The summed E-state index contributed by atoms with van der Waals surface area (Å²) in [6.07, 6.45) is 4.96. The van der Waals surface area contributed by atoms with Crippen LogP contribution in [0.2, 0.25) is 0 Å². The number of hydrogen-bond donors (Lipinski definition) is 2. The van der Waals surface area contributed by atoms with Gasteiger partial charge in [-0.05, 0) is 24.6 Å². The molecule has 0 unspecified atom stereocenters. The standard InChI is InChI=1S/C10H16N2O2/c1-12-6-4-9(8-12)7-11-5-2-3-10(13)14/h4,6,8,11H,2-3,5,7H2,1H3,(H,13,14). The first kappa shape index (κ1) is 10.8. The van der Waals surface area contributed by atoms with Gasteiger partial charge in [0.1, 0.15) is 0 Å². The molecule has 0 bridgehead atoms. The van der Waals surface area contributed by atoms with Crippen molar-refractivity contribution >= 4 is 5.97 Å². The minimum absolute atomic E-state index is 0.238. The summed E-state index contributed by atoms with van der Waals surface area (Å²) in [4.78, 5) is 10.2. The first-order valence-electron chi connectivity index (χ1n) is 4.72. The first-order valence-corrected chi connectivity index (χ1v) is 4.72. The van der Waals surface area contributed by atoms with Crippen molar-refractivity contribution in [2.24, 2.45) is 7.05 Å². The highest BCUT2D eigenvalue weighted by atomic mass is 16.4. The minimum atomic E-state index is -0.730. The van der Waals surface area contributed by atoms with Gasteiger partial charge in [0.2, 0.25) is 0 Å². The highest BCUT2D eigenvalue weighted by Gasteiger charge is 1.96. The molecule has 1 heterocycles. The van der Waals surface area contributed by atoms with Crippen molar-refractivity contribution < 1.29 is 9.90 Å². The molecule has 0 radical (unpaired) electrons. The molecule has 0 aliphatic rings. The van der Waals surface area contributed by atoms with Gasteiger partial charge in [-0.2, -0.15) is 0 Å². The molecule has 4 heteroatoms. The van der Waals surface area contributed by atoms with Gasteiger partial charge in [0.25, 0.3) is 0 Å². The number of carboxylic acid groups (broad SMARTS) is 1. The molecule has 0 fully saturated rings. The van der Waals surface area contributed by atoms with E-state index < -0.39 is 5.97 Å². The zero-order valence-electron chi connectivity index (χ0n) is 8.36. The summed E-state index contributed by atoms with van der Waals surface area (Å²) in [7, 11) is 1.98. The van der Waals surface area contributed by atoms with E-state index in [1.54, 1.807) is 0 Å². The van der Waals surface area contributed by atoms with Crippen molar-refractivity contribution in [2.75, 3.05) is 6.54 Å². The number of hydrogen-bond acceptors (Lipinski definition) is 2. The maximum atomic E-state index is 10.2. The normalized spacial score (nSPS) is 10.4. The van der Waals surface area contributed by atoms with Crippen molar-refractivity contribution in [2.45, 2.75) is 19.4 Å². The molecule has 0 atom stereocenters. The van der Waals surface area contributed by atoms with Gasteiger partial charge < -0.3 is 15.0 Å². The Balaban J connectivity index is 2.07. The van der Waals surface area contributed by atoms with Crippen LogP contribution in [0.3, 0.4) is 0 Å². The molecule has 0 saturated carbocycles. The second kappa shape index (κ2) is 5.44. The Morgan fingerprint density at radius 1 is 1.64 bits per heavy atom. The van der Waals surface area contributed by atoms with Crippen LogP contribution in [0.4, 0.5) is 0 Å². The number of nitrogens with one attached hydrogen (secondary N) is 1. The summed E-state index contributed by atoms with van der Waals surface area (Å²) in [5.41, 5.74) is 1.22. The van der Waals surface area contributed by atoms with Gasteiger partial charge in [-0.3, -0.25) is 4.79 Å². The third kappa shape index (κ3) is 4.09. The maximum Gasteiger partial charge on any atom is 0.303 e. The van der Waals surface area contributed by atoms with Crippen LogP contribution in [0.15, 0.2) is 18.5 Å². The molecule has 0 aliphatic heterocycles. The molecule has 0 saturated heterocycles. The quantitative estimate of drug-likeness (QED) is 0.667. The van der Waals surface area contributed by atoms with Crippen molar-refractivity contribution in [1.29, 1.82) is 0 Å². The van der Waals surface area contributed by atoms with Gasteiger partial charge in [-0.15, -0.1) is 0 Å². The Bertz CT molecular complexity index is 294. The summed E-state index contributed by atoms with van der Waals surface area (Å²) in [6.45, 7) is 1.56. The average molecular weight is 196 g/mol. The Morgan fingerprint density at radius 2 is 2.43 bits per heavy atom. The van der Waals surface area contributed by atoms with Crippen molar-refractivity contribution in [1.82, 2.24) is 9.88 Å². The predicted molar refractivity (Wildman–Crippen MR) is 54.0 cm³/mol. The van der Waals surface area contributed by atoms with Crippen LogP contribution in [0.5, 0.6) is 0 Å². The predicted octanol–water partition coefficient (Wildman–Crippen LogP) is 0.979. The molecule has 78 valence electrons. The van der Waals surface area contributed by atoms with E-state index in [9.17, 15) is 4.79 Å². The van der Waals surface area contributed by atoms with Crippen molar-refractivity contribution in [3.8, 4) is 0 Å². The minimum Gasteiger partial charge on any atom is -0.481 e. The Morgan fingerprint density at radius 3 is 3.00 bits per heavy atom. The lowest BCUT2D eigenvalue weighted by Gasteiger charge is -2.00. The number of carboxylic acids is 1. The molecule has 1 aromatic heterocycles. The fourth-order valence-electron chi connectivity index (χ4n) is 1.26. The monoisotopic (exact) mass is 196 g/mol. The van der Waals surface area contributed by atoms with E-state index in [4.69, 9.17) is 5.11 Å². The third-order valence-corrected chi connectivity index (χ3v) is 1.97. The lowest BCUT2D eigenvalue weighted by molar-refractivity contribution is -0.137. The molecule has 4 nitrogen and oxygen atoms in total. The Kier molecular flexibility index (Phi) is 4.19. The summed E-state index contributed by atoms with van der Waals surface area (Å²) in [5, 5.41) is 11.6. The van der Waals surface area contributed by atoms with Gasteiger partial charge in [0, 0.05) is 32.4 Å². The van der Waals surface area contributed by atoms with E-state index >= 15 is 0 Å². The summed E-state index contributed by atoms with van der Waals surface area (Å²) >= 11 is 0. The lowest BCUT2D eigenvalue weighted by atomic mass is 10.3. The van der Waals surface area contributed by atoms with Crippen molar-refractivity contribution in [3.05, 3.63) is 24.0 Å². The number of aryl methyl sites for hydroxylation is 1. The van der Waals surface area contributed by atoms with E-state index in [2.05, 4.69) is 5.32 Å². The molecular weight excluding hydrogens is 180 g/mol. The largest absolute Gasteiger partial charge is 0.481 e. The van der Waals surface area contributed by atoms with Crippen molar-refractivity contribution in [3.63, 3.8) is 0 Å². The van der Waals surface area contributed by atoms with Crippen LogP contribution >= 0.6 is 0 Å². The van der Waals surface area contributed by atoms with Gasteiger partial charge in [-0.25, -0.2) is 0 Å². The average Bonchev–Trinajstić information content (AvgIpc) is 2.50. The van der Waals surface area contributed by atoms with Gasteiger partial charge in [0.15, 0.2) is 0 Å². The Labute approximate surface area is 83.5 Å². The van der Waals surface area contributed by atoms with Crippen LogP contribution in [0.25, 0.3) is 0 Å². The molecule has 2 N–H and O–H groups in total. The fraction of sp³-hybridized carbons (Fsp3) is 0.500. The van der Waals surface area contributed by atoms with Gasteiger partial charge in [-0.1, -0.05) is 0 Å². The molecular formula is C10H16N2O2. The highest BCUT2D eigenvalue weighted by molar-refractivity contribution is 5.66. The fourth-order valence-corrected chi connectivity index (χ4v) is 1.26. The second-order valence-electron chi connectivity index (χ2n) is 3.36. The highest BCUT2D eigenvalue weighted by Crippen LogP contribution is 1.98. The van der Waals surface area contributed by atoms with E-state index in [-0.39, 0.29) is 6.42 Å². The zero-order valence-corrected chi connectivity index (χ0v) is 8.36. The second-order valence-corrected chi connectivity index (χ2v) is 3.36. The number of aromatic nitrogens is 1. The molecule has 0 aliphatic carbocycles. The molecule has 1 rings (SSSR count). The van der Waals surface area contributed by atoms with Crippen LogP contribution in [-0.4, -0.2) is 22.2 Å². The van der Waals surface area contributed by atoms with E-state index in [0.29, 0.717) is 6.42 Å². The SMILES string of the molecule is Cn1ccc(CNCCCC(=O)O)c1. The van der Waals surface area contributed by atoms with Crippen LogP contribution in [0.1, 0.15) is 18.4 Å². The smallest absolute Gasteiger partial charge is 0.303 e.